The molecule has 2 heterocycles. The number of carbonyl (C=O) groups is 2. The number of aromatic nitrogens is 1. The van der Waals surface area contributed by atoms with Crippen molar-refractivity contribution in [1.82, 2.24) is 4.57 Å². The van der Waals surface area contributed by atoms with Gasteiger partial charge in [-0.3, -0.25) is 9.59 Å². The van der Waals surface area contributed by atoms with Crippen LogP contribution in [0, 0.1) is 0 Å². The van der Waals surface area contributed by atoms with Gasteiger partial charge in [-0.2, -0.15) is 0 Å². The minimum Gasteiger partial charge on any atom is -0.505 e. The number of fused-ring (bicyclic) bond motifs is 2. The molecule has 0 aromatic carbocycles. The van der Waals surface area contributed by atoms with Gasteiger partial charge in [0.1, 0.15) is 11.1 Å². The molecule has 0 unspecified atom stereocenters. The van der Waals surface area contributed by atoms with Gasteiger partial charge in [-0.25, -0.2) is 0 Å². The van der Waals surface area contributed by atoms with Crippen molar-refractivity contribution in [3.8, 4) is 0 Å². The Morgan fingerprint density at radius 1 is 1.23 bits per heavy atom. The molecule has 2 aliphatic carbocycles. The predicted molar refractivity (Wildman–Crippen MR) is 82.7 cm³/mol. The molecule has 3 aliphatic rings. The SMILES string of the molecule is CC(=O)C1=C(O)c2ccc(C3CCC3)n2C2(CCCC2)C1=O. The number of nitrogens with zero attached hydrogens (tertiary/aromatic N) is 1. The number of aliphatic hydroxyl groups is 1. The lowest BCUT2D eigenvalue weighted by Crippen LogP contribution is -2.46. The van der Waals surface area contributed by atoms with Crippen molar-refractivity contribution in [1.29, 1.82) is 0 Å². The van der Waals surface area contributed by atoms with Crippen molar-refractivity contribution in [2.45, 2.75) is 63.3 Å². The highest BCUT2D eigenvalue weighted by Crippen LogP contribution is 2.49. The maximum Gasteiger partial charge on any atom is 0.196 e. The first-order valence-electron chi connectivity index (χ1n) is 8.28. The molecule has 2 fully saturated rings. The molecule has 0 atom stereocenters. The Bertz CT molecular complexity index is 700. The van der Waals surface area contributed by atoms with E-state index < -0.39 is 5.54 Å². The first-order chi connectivity index (χ1) is 10.6. The van der Waals surface area contributed by atoms with E-state index in [-0.39, 0.29) is 22.9 Å². The summed E-state index contributed by atoms with van der Waals surface area (Å²) in [4.78, 5) is 25.0. The smallest absolute Gasteiger partial charge is 0.196 e. The number of Topliss-reactive ketones (excluding diaryl/α,β-unsaturated/α-hetero) is 2. The highest BCUT2D eigenvalue weighted by Gasteiger charge is 2.51. The summed E-state index contributed by atoms with van der Waals surface area (Å²) in [7, 11) is 0. The van der Waals surface area contributed by atoms with Gasteiger partial charge in [-0.1, -0.05) is 19.3 Å². The van der Waals surface area contributed by atoms with Gasteiger partial charge in [0.15, 0.2) is 17.3 Å². The second kappa shape index (κ2) is 4.58. The summed E-state index contributed by atoms with van der Waals surface area (Å²) >= 11 is 0. The molecule has 4 nitrogen and oxygen atoms in total. The zero-order valence-corrected chi connectivity index (χ0v) is 12.9. The minimum absolute atomic E-state index is 0.00709. The molecular weight excluding hydrogens is 278 g/mol. The Kier molecular flexibility index (Phi) is 2.87. The van der Waals surface area contributed by atoms with Gasteiger partial charge in [0, 0.05) is 5.69 Å². The third-order valence-electron chi connectivity index (χ3n) is 5.77. The molecule has 1 N–H and O–H groups in total. The molecule has 22 heavy (non-hydrogen) atoms. The van der Waals surface area contributed by atoms with Crippen LogP contribution >= 0.6 is 0 Å². The topological polar surface area (TPSA) is 59.3 Å². The molecule has 1 aliphatic heterocycles. The van der Waals surface area contributed by atoms with Gasteiger partial charge in [-0.15, -0.1) is 0 Å². The number of rotatable bonds is 2. The molecular formula is C18H21NO3. The standard InChI is InChI=1S/C18H21NO3/c1-11(20)15-16(21)14-8-7-13(12-5-4-6-12)19(14)18(17(15)22)9-2-3-10-18/h7-8,12,21H,2-6,9-10H2,1H3. The highest BCUT2D eigenvalue weighted by atomic mass is 16.3. The van der Waals surface area contributed by atoms with E-state index in [4.69, 9.17) is 0 Å². The summed E-state index contributed by atoms with van der Waals surface area (Å²) in [6.45, 7) is 1.37. The van der Waals surface area contributed by atoms with Crippen LogP contribution in [0.2, 0.25) is 0 Å². The van der Waals surface area contributed by atoms with Crippen LogP contribution in [0.15, 0.2) is 17.7 Å². The first-order valence-corrected chi connectivity index (χ1v) is 8.28. The Morgan fingerprint density at radius 2 is 1.91 bits per heavy atom. The fourth-order valence-corrected chi connectivity index (χ4v) is 4.44. The summed E-state index contributed by atoms with van der Waals surface area (Å²) in [6.07, 6.45) is 7.08. The molecule has 4 rings (SSSR count). The van der Waals surface area contributed by atoms with Crippen molar-refractivity contribution in [2.75, 3.05) is 0 Å². The second-order valence-electron chi connectivity index (χ2n) is 6.95. The molecule has 1 aromatic heterocycles. The highest BCUT2D eigenvalue weighted by molar-refractivity contribution is 6.27. The van der Waals surface area contributed by atoms with E-state index in [0.717, 1.165) is 38.5 Å². The van der Waals surface area contributed by atoms with Crippen LogP contribution < -0.4 is 0 Å². The number of aliphatic hydroxyl groups excluding tert-OH is 1. The number of ketones is 2. The van der Waals surface area contributed by atoms with Crippen LogP contribution in [0.1, 0.15) is 69.2 Å². The van der Waals surface area contributed by atoms with Gasteiger partial charge < -0.3 is 9.67 Å². The summed E-state index contributed by atoms with van der Waals surface area (Å²) in [5.41, 5.74) is 1.21. The summed E-state index contributed by atoms with van der Waals surface area (Å²) < 4.78 is 2.09. The average Bonchev–Trinajstić information content (AvgIpc) is 3.02. The first kappa shape index (κ1) is 13.8. The van der Waals surface area contributed by atoms with Crippen molar-refractivity contribution >= 4 is 17.3 Å². The monoisotopic (exact) mass is 299 g/mol. The lowest BCUT2D eigenvalue weighted by molar-refractivity contribution is -0.127. The Balaban J connectivity index is 1.98. The molecule has 2 saturated carbocycles. The fourth-order valence-electron chi connectivity index (χ4n) is 4.44. The maximum atomic E-state index is 13.1. The molecule has 0 bridgehead atoms. The molecule has 0 radical (unpaired) electrons. The van der Waals surface area contributed by atoms with E-state index >= 15 is 0 Å². The molecule has 0 amide bonds. The maximum absolute atomic E-state index is 13.1. The van der Waals surface area contributed by atoms with Gasteiger partial charge >= 0.3 is 0 Å². The largest absolute Gasteiger partial charge is 0.505 e. The van der Waals surface area contributed by atoms with Crippen LogP contribution in [-0.4, -0.2) is 21.2 Å². The number of hydrogen-bond donors (Lipinski definition) is 1. The van der Waals surface area contributed by atoms with Crippen LogP contribution in [0.3, 0.4) is 0 Å². The van der Waals surface area contributed by atoms with Crippen molar-refractivity contribution in [2.24, 2.45) is 0 Å². The molecule has 1 spiro atoms. The summed E-state index contributed by atoms with van der Waals surface area (Å²) in [5, 5.41) is 10.5. The van der Waals surface area contributed by atoms with E-state index in [2.05, 4.69) is 4.57 Å². The normalized spacial score (nSPS) is 23.8. The van der Waals surface area contributed by atoms with Gasteiger partial charge in [0.25, 0.3) is 0 Å². The minimum atomic E-state index is -0.628. The van der Waals surface area contributed by atoms with Crippen LogP contribution in [0.25, 0.3) is 5.76 Å². The Morgan fingerprint density at radius 3 is 2.45 bits per heavy atom. The number of allylic oxidation sites excluding steroid dienone is 1. The Labute approximate surface area is 129 Å². The lowest BCUT2D eigenvalue weighted by Gasteiger charge is -2.40. The average molecular weight is 299 g/mol. The molecule has 4 heteroatoms. The third kappa shape index (κ3) is 1.58. The molecule has 0 saturated heterocycles. The predicted octanol–water partition coefficient (Wildman–Crippen LogP) is 3.47. The van der Waals surface area contributed by atoms with Crippen molar-refractivity contribution in [3.63, 3.8) is 0 Å². The quantitative estimate of drug-likeness (QED) is 0.851. The third-order valence-corrected chi connectivity index (χ3v) is 5.77. The van der Waals surface area contributed by atoms with Crippen molar-refractivity contribution in [3.05, 3.63) is 29.1 Å². The van der Waals surface area contributed by atoms with Crippen LogP contribution in [-0.2, 0) is 15.1 Å². The van der Waals surface area contributed by atoms with Gasteiger partial charge in [-0.05, 0) is 50.7 Å². The number of hydrogen-bond acceptors (Lipinski definition) is 3. The van der Waals surface area contributed by atoms with Gasteiger partial charge in [0.2, 0.25) is 0 Å². The Hall–Kier alpha value is -1.84. The summed E-state index contributed by atoms with van der Waals surface area (Å²) in [5.74, 6) is -0.128. The van der Waals surface area contributed by atoms with Crippen LogP contribution in [0.4, 0.5) is 0 Å². The zero-order chi connectivity index (χ0) is 15.5. The number of carbonyl (C=O) groups excluding carboxylic acids is 2. The summed E-state index contributed by atoms with van der Waals surface area (Å²) in [6, 6.07) is 3.93. The van der Waals surface area contributed by atoms with E-state index in [1.807, 2.05) is 12.1 Å². The van der Waals surface area contributed by atoms with Crippen molar-refractivity contribution < 1.29 is 14.7 Å². The van der Waals surface area contributed by atoms with E-state index in [9.17, 15) is 14.7 Å². The van der Waals surface area contributed by atoms with Gasteiger partial charge in [0.05, 0.1) is 5.69 Å². The molecule has 1 aromatic rings. The van der Waals surface area contributed by atoms with E-state index in [1.165, 1.54) is 19.0 Å². The van der Waals surface area contributed by atoms with E-state index in [0.29, 0.717) is 11.6 Å². The molecule has 116 valence electrons. The second-order valence-corrected chi connectivity index (χ2v) is 6.95. The lowest BCUT2D eigenvalue weighted by atomic mass is 9.79. The van der Waals surface area contributed by atoms with Crippen LogP contribution in [0.5, 0.6) is 0 Å². The zero-order valence-electron chi connectivity index (χ0n) is 12.9. The van der Waals surface area contributed by atoms with E-state index in [1.54, 1.807) is 0 Å². The fraction of sp³-hybridized carbons (Fsp3) is 0.556.